The first-order valence-electron chi connectivity index (χ1n) is 43.6. The molecule has 45 nitrogen and oxygen atoms in total. The number of aromatic nitrogens is 1. The largest absolute Gasteiger partial charge is 0.396 e. The number of para-hydroxylation sites is 1. The molecule has 0 aliphatic rings. The molecular formula is C89H140N22O23. The van der Waals surface area contributed by atoms with E-state index in [2.05, 4.69) is 106 Å². The van der Waals surface area contributed by atoms with Crippen LogP contribution < -0.4 is 112 Å². The van der Waals surface area contributed by atoms with Crippen molar-refractivity contribution in [3.63, 3.8) is 0 Å². The van der Waals surface area contributed by atoms with Crippen molar-refractivity contribution >= 4 is 135 Å². The molecule has 45 heteroatoms. The molecule has 134 heavy (non-hydrogen) atoms. The first-order chi connectivity index (χ1) is 61.3. The van der Waals surface area contributed by atoms with E-state index in [1.165, 1.54) is 159 Å². The minimum atomic E-state index is -1.88. The molecule has 0 aliphatic carbocycles. The highest BCUT2D eigenvalue weighted by Crippen LogP contribution is 2.26. The van der Waals surface area contributed by atoms with Crippen LogP contribution in [0.15, 0.2) is 60.8 Å². The average molecular weight is 1890 g/mol. The number of aliphatic hydroxyl groups excluding tert-OH is 2. The number of nitrogens with two attached hydrogens (primary N) is 2. The summed E-state index contributed by atoms with van der Waals surface area (Å²) in [6.07, 6.45) is 0.283. The van der Waals surface area contributed by atoms with Gasteiger partial charge in [-0.15, -0.1) is 0 Å². The number of primary amides is 2. The topological polar surface area (TPSA) is 695 Å². The molecule has 21 amide bonds. The zero-order chi connectivity index (χ0) is 103. The van der Waals surface area contributed by atoms with Gasteiger partial charge in [-0.05, 0) is 195 Å². The molecule has 0 spiro atoms. The first kappa shape index (κ1) is 115. The molecule has 8 atom stereocenters. The number of rotatable bonds is 51. The second-order valence-electron chi connectivity index (χ2n) is 39.0. The number of hydrogen-bond acceptors (Lipinski definition) is 23. The lowest BCUT2D eigenvalue weighted by molar-refractivity contribution is -0.142. The lowest BCUT2D eigenvalue weighted by atomic mass is 9.94. The van der Waals surface area contributed by atoms with Gasteiger partial charge in [0, 0.05) is 55.7 Å². The van der Waals surface area contributed by atoms with E-state index < -0.39 is 254 Å². The minimum Gasteiger partial charge on any atom is -0.396 e. The van der Waals surface area contributed by atoms with Crippen LogP contribution in [-0.2, 0) is 107 Å². The summed E-state index contributed by atoms with van der Waals surface area (Å²) in [7, 11) is 0. The van der Waals surface area contributed by atoms with Crippen molar-refractivity contribution in [1.29, 1.82) is 0 Å². The Hall–Kier alpha value is -13.2. The van der Waals surface area contributed by atoms with Crippen molar-refractivity contribution in [1.82, 2.24) is 106 Å². The number of hydrogen-bond donors (Lipinski definition) is 24. The summed E-state index contributed by atoms with van der Waals surface area (Å²) >= 11 is 0. The lowest BCUT2D eigenvalue weighted by Gasteiger charge is -2.37. The van der Waals surface area contributed by atoms with E-state index in [0.717, 1.165) is 16.5 Å². The summed E-state index contributed by atoms with van der Waals surface area (Å²) in [6.45, 7) is 30.7. The number of H-pyrrole nitrogens is 1. The summed E-state index contributed by atoms with van der Waals surface area (Å²) < 4.78 is 0. The maximum absolute atomic E-state index is 14.1. The molecule has 26 N–H and O–H groups in total. The molecule has 8 unspecified atom stereocenters. The Morgan fingerprint density at radius 1 is 0.343 bits per heavy atom. The summed E-state index contributed by atoms with van der Waals surface area (Å²) in [5.74, 6) is -19.6. The van der Waals surface area contributed by atoms with Gasteiger partial charge in [0.1, 0.15) is 97.7 Å². The third-order valence-corrected chi connectivity index (χ3v) is 21.4. The summed E-state index contributed by atoms with van der Waals surface area (Å²) in [6, 6.07) is 6.13. The standard InChI is InChI=1S/C89H140N22O23/c1-46(2)39-57(100-73(128)83(12,13)107-76(131)86(18,19)105-69(124)59(45-113)101-71(126)80(6,7)104-68(123)58(97-49(5)114)40-50-31-27-26-28-32-50)67(122)98-55(35-37-60(90)115)65(120)94-43-62(117)102-84(14,15)74(129)106-81(8,9)70(125)96-47(3)63(118)95-48(4)64(119)103-85(16,17)75(130)109-88(22,23)78(133)111-89(24,25)79(134)110-87(20,21)77(132)108-82(10,11)72(127)99-56(36-38-61(91)116)66(121)93-41-51(44-112)53-42-92-54-34-30-29-33-52(53)54/h26-34,42,46-48,51,55-59,92,112-113H,35-41,43-45H2,1-25H3,(H2,90,115)(H2,91,116)(H,93,121)(H,94,120)(H,95,118)(H,96,125)(H,97,114)(H,98,122)(H,99,127)(H,100,128)(H,101,126)(H,102,117)(H,103,119)(H,104,123)(H,105,124)(H,106,129)(H,107,131)(H,108,132)(H,109,130)(H,110,134)(H,111,133). The molecular weight excluding hydrogens is 1750 g/mol. The van der Waals surface area contributed by atoms with Gasteiger partial charge < -0.3 is 128 Å². The Morgan fingerprint density at radius 3 is 1.11 bits per heavy atom. The smallest absolute Gasteiger partial charge is 0.246 e. The molecule has 0 aliphatic heterocycles. The summed E-state index contributed by atoms with van der Waals surface area (Å²) in [5.41, 5.74) is -5.15. The van der Waals surface area contributed by atoms with Gasteiger partial charge in [-0.3, -0.25) is 101 Å². The number of benzene rings is 2. The number of aliphatic hydroxyl groups is 2. The number of aromatic amines is 1. The van der Waals surface area contributed by atoms with E-state index in [9.17, 15) is 111 Å². The molecule has 2 aromatic carbocycles. The van der Waals surface area contributed by atoms with E-state index in [0.29, 0.717) is 5.56 Å². The normalized spacial score (nSPS) is 14.0. The van der Waals surface area contributed by atoms with E-state index in [1.54, 1.807) is 50.4 Å². The fourth-order valence-electron chi connectivity index (χ4n) is 12.6. The molecule has 3 aromatic rings. The molecule has 0 radical (unpaired) electrons. The monoisotopic (exact) mass is 1890 g/mol. The highest BCUT2D eigenvalue weighted by Gasteiger charge is 2.47. The quantitative estimate of drug-likeness (QED) is 0.0254. The highest BCUT2D eigenvalue weighted by molar-refractivity contribution is 6.05. The fourth-order valence-corrected chi connectivity index (χ4v) is 12.6. The van der Waals surface area contributed by atoms with Crippen LogP contribution in [0.4, 0.5) is 0 Å². The predicted octanol–water partition coefficient (Wildman–Crippen LogP) is -4.31. The van der Waals surface area contributed by atoms with Crippen LogP contribution in [-0.4, -0.2) is 263 Å². The Balaban J connectivity index is 1.57. The van der Waals surface area contributed by atoms with Gasteiger partial charge in [-0.1, -0.05) is 62.4 Å². The van der Waals surface area contributed by atoms with Crippen LogP contribution in [0, 0.1) is 5.92 Å². The molecule has 3 rings (SSSR count). The number of carbonyl (C=O) groups excluding carboxylic acids is 21. The first-order valence-corrected chi connectivity index (χ1v) is 43.6. The van der Waals surface area contributed by atoms with E-state index in [-0.39, 0.29) is 44.8 Å². The maximum atomic E-state index is 14.1. The number of amides is 21. The van der Waals surface area contributed by atoms with Gasteiger partial charge in [-0.2, -0.15) is 0 Å². The highest BCUT2D eigenvalue weighted by atomic mass is 16.3. The van der Waals surface area contributed by atoms with Crippen molar-refractivity contribution in [2.75, 3.05) is 26.3 Å². The van der Waals surface area contributed by atoms with Gasteiger partial charge in [0.2, 0.25) is 124 Å². The van der Waals surface area contributed by atoms with Gasteiger partial charge >= 0.3 is 0 Å². The zero-order valence-corrected chi connectivity index (χ0v) is 81.2. The number of carbonyl (C=O) groups is 21. The van der Waals surface area contributed by atoms with Gasteiger partial charge in [-0.25, -0.2) is 0 Å². The molecule has 0 saturated heterocycles. The molecule has 0 saturated carbocycles. The molecule has 1 heterocycles. The number of fused-ring (bicyclic) bond motifs is 1. The van der Waals surface area contributed by atoms with E-state index >= 15 is 0 Å². The Labute approximate surface area is 779 Å². The average Bonchev–Trinajstić information content (AvgIpc) is 1.69. The van der Waals surface area contributed by atoms with Gasteiger partial charge in [0.05, 0.1) is 19.8 Å². The molecule has 0 bridgehead atoms. The van der Waals surface area contributed by atoms with Gasteiger partial charge in [0.15, 0.2) is 0 Å². The molecule has 0 fully saturated rings. The van der Waals surface area contributed by atoms with Crippen LogP contribution in [0.25, 0.3) is 10.9 Å². The van der Waals surface area contributed by atoms with Crippen molar-refractivity contribution < 1.29 is 111 Å². The second-order valence-corrected chi connectivity index (χ2v) is 39.0. The van der Waals surface area contributed by atoms with Crippen molar-refractivity contribution in [3.05, 3.63) is 71.9 Å². The van der Waals surface area contributed by atoms with E-state index in [4.69, 9.17) is 11.5 Å². The minimum absolute atomic E-state index is 0.0607. The fraction of sp³-hybridized carbons (Fsp3) is 0.607. The SMILES string of the molecule is CC(=O)NC(Cc1ccccc1)C(=O)NC(C)(C)C(=O)NC(CO)C(=O)NC(C)(C)C(=O)NC(C)(C)C(=O)NC(CC(C)C)C(=O)NC(CCC(N)=O)C(=O)NCC(=O)NC(C)(C)C(=O)NC(C)(C)C(=O)NC(C)C(=O)NC(C)C(=O)NC(C)(C)C(=O)NC(C)(C)C(=O)NC(C)(C)C(=O)NC(C)(C)C(=O)NC(C)(C)C(=O)NC(CCC(N)=O)C(=O)NCC(CO)c1c[nH]c2ccccc12. The summed E-state index contributed by atoms with van der Waals surface area (Å²) in [5, 5.41) is 68.8. The van der Waals surface area contributed by atoms with Crippen molar-refractivity contribution in [2.45, 2.75) is 315 Å². The third-order valence-electron chi connectivity index (χ3n) is 21.4. The van der Waals surface area contributed by atoms with Crippen LogP contribution in [0.1, 0.15) is 222 Å². The van der Waals surface area contributed by atoms with Crippen LogP contribution in [0.5, 0.6) is 0 Å². The van der Waals surface area contributed by atoms with Crippen molar-refractivity contribution in [2.24, 2.45) is 17.4 Å². The lowest BCUT2D eigenvalue weighted by Crippen LogP contribution is -2.69. The van der Waals surface area contributed by atoms with Crippen LogP contribution in [0.2, 0.25) is 0 Å². The summed E-state index contributed by atoms with van der Waals surface area (Å²) in [4.78, 5) is 287. The zero-order valence-electron chi connectivity index (χ0n) is 81.2. The third kappa shape index (κ3) is 35.1. The maximum Gasteiger partial charge on any atom is 0.246 e. The Bertz CT molecular complexity index is 4860. The number of nitrogens with one attached hydrogen (secondary N) is 20. The predicted molar refractivity (Wildman–Crippen MR) is 490 cm³/mol. The molecule has 744 valence electrons. The Kier molecular flexibility index (Phi) is 40.7. The van der Waals surface area contributed by atoms with Gasteiger partial charge in [0.25, 0.3) is 0 Å². The van der Waals surface area contributed by atoms with Crippen molar-refractivity contribution in [3.8, 4) is 0 Å². The second kappa shape index (κ2) is 47.4. The van der Waals surface area contributed by atoms with Crippen LogP contribution in [0.3, 0.4) is 0 Å². The Morgan fingerprint density at radius 2 is 0.694 bits per heavy atom. The van der Waals surface area contributed by atoms with Crippen LogP contribution >= 0.6 is 0 Å². The van der Waals surface area contributed by atoms with E-state index in [1.807, 2.05) is 24.3 Å². The molecule has 1 aromatic heterocycles.